The topological polar surface area (TPSA) is 92.8 Å². The Kier molecular flexibility index (Phi) is 6.20. The Bertz CT molecular complexity index is 866. The van der Waals surface area contributed by atoms with E-state index in [0.717, 1.165) is 5.56 Å². The van der Waals surface area contributed by atoms with E-state index in [-0.39, 0.29) is 24.9 Å². The lowest BCUT2D eigenvalue weighted by Gasteiger charge is -2.25. The Hall–Kier alpha value is -3.00. The van der Waals surface area contributed by atoms with Gasteiger partial charge in [-0.1, -0.05) is 36.4 Å². The van der Waals surface area contributed by atoms with E-state index in [2.05, 4.69) is 5.32 Å². The van der Waals surface area contributed by atoms with E-state index in [1.165, 1.54) is 11.3 Å². The minimum absolute atomic E-state index is 0.0474. The summed E-state index contributed by atoms with van der Waals surface area (Å²) in [6.45, 7) is 1.59. The Labute approximate surface area is 166 Å². The summed E-state index contributed by atoms with van der Waals surface area (Å²) >= 11 is 1.20. The highest BCUT2D eigenvalue weighted by Gasteiger charge is 2.38. The molecule has 0 radical (unpaired) electrons. The highest BCUT2D eigenvalue weighted by molar-refractivity contribution is 7.12. The number of amides is 3. The van der Waals surface area contributed by atoms with Crippen LogP contribution < -0.4 is 5.32 Å². The molecule has 3 rings (SSSR count). The van der Waals surface area contributed by atoms with Crippen molar-refractivity contribution in [3.05, 3.63) is 58.3 Å². The number of imide groups is 1. The van der Waals surface area contributed by atoms with Gasteiger partial charge in [-0.2, -0.15) is 0 Å². The minimum Gasteiger partial charge on any atom is -0.455 e. The van der Waals surface area contributed by atoms with Crippen LogP contribution in [0.3, 0.4) is 0 Å². The maximum absolute atomic E-state index is 12.3. The van der Waals surface area contributed by atoms with Gasteiger partial charge in [-0.25, -0.2) is 0 Å². The van der Waals surface area contributed by atoms with Crippen molar-refractivity contribution >= 4 is 35.0 Å². The molecule has 7 nitrogen and oxygen atoms in total. The maximum Gasteiger partial charge on any atom is 0.311 e. The molecule has 1 aliphatic rings. The van der Waals surface area contributed by atoms with Crippen molar-refractivity contribution in [2.75, 3.05) is 13.2 Å². The van der Waals surface area contributed by atoms with Gasteiger partial charge in [0.1, 0.15) is 0 Å². The molecular weight excluding hydrogens is 380 g/mol. The molecule has 146 valence electrons. The van der Waals surface area contributed by atoms with Gasteiger partial charge >= 0.3 is 5.97 Å². The van der Waals surface area contributed by atoms with Crippen LogP contribution >= 0.6 is 11.3 Å². The highest BCUT2D eigenvalue weighted by atomic mass is 32.1. The number of nitrogens with one attached hydrogen (secondary N) is 1. The van der Waals surface area contributed by atoms with Crippen LogP contribution in [0.25, 0.3) is 0 Å². The fraction of sp³-hybridized carbons (Fsp3) is 0.300. The van der Waals surface area contributed by atoms with E-state index < -0.39 is 30.3 Å². The number of hydrogen-bond donors (Lipinski definition) is 1. The van der Waals surface area contributed by atoms with Crippen molar-refractivity contribution in [1.29, 1.82) is 0 Å². The van der Waals surface area contributed by atoms with Crippen LogP contribution in [-0.4, -0.2) is 41.7 Å². The molecular formula is C20H20N2O5S. The van der Waals surface area contributed by atoms with E-state index >= 15 is 0 Å². The van der Waals surface area contributed by atoms with Crippen LogP contribution in [0.1, 0.15) is 34.6 Å². The van der Waals surface area contributed by atoms with Crippen molar-refractivity contribution < 1.29 is 23.9 Å². The second kappa shape index (κ2) is 8.79. The van der Waals surface area contributed by atoms with Crippen LogP contribution in [0.15, 0.2) is 47.8 Å². The molecule has 1 N–H and O–H groups in total. The molecule has 28 heavy (non-hydrogen) atoms. The summed E-state index contributed by atoms with van der Waals surface area (Å²) in [5, 5.41) is 3.88. The average Bonchev–Trinajstić information content (AvgIpc) is 3.36. The number of hydrogen-bond acceptors (Lipinski definition) is 6. The molecule has 1 aromatic heterocycles. The number of likely N-dealkylation sites (tertiary alicyclic amines) is 1. The number of thiophene rings is 1. The van der Waals surface area contributed by atoms with Crippen LogP contribution in [0.5, 0.6) is 0 Å². The second-order valence-corrected chi connectivity index (χ2v) is 7.44. The molecule has 1 aliphatic heterocycles. The third-order valence-corrected chi connectivity index (χ3v) is 5.45. The van der Waals surface area contributed by atoms with E-state index in [9.17, 15) is 19.2 Å². The van der Waals surface area contributed by atoms with Gasteiger partial charge in [-0.3, -0.25) is 24.5 Å². The second-order valence-electron chi connectivity index (χ2n) is 6.50. The summed E-state index contributed by atoms with van der Waals surface area (Å²) in [7, 11) is 0. The van der Waals surface area contributed by atoms with Crippen molar-refractivity contribution in [3.63, 3.8) is 0 Å². The molecule has 2 atom stereocenters. The molecule has 0 spiro atoms. The summed E-state index contributed by atoms with van der Waals surface area (Å²) in [6.07, 6.45) is 0.0474. The van der Waals surface area contributed by atoms with Gasteiger partial charge in [0.2, 0.25) is 5.91 Å². The molecule has 2 heterocycles. The van der Waals surface area contributed by atoms with E-state index in [1.807, 2.05) is 37.3 Å². The summed E-state index contributed by atoms with van der Waals surface area (Å²) in [5.74, 6) is -2.61. The fourth-order valence-electron chi connectivity index (χ4n) is 3.06. The molecule has 1 aromatic carbocycles. The molecule has 3 amide bonds. The summed E-state index contributed by atoms with van der Waals surface area (Å²) in [6, 6.07) is 12.7. The monoisotopic (exact) mass is 400 g/mol. The number of esters is 1. The first-order valence-electron chi connectivity index (χ1n) is 8.84. The average molecular weight is 400 g/mol. The van der Waals surface area contributed by atoms with Gasteiger partial charge in [-0.05, 0) is 23.9 Å². The zero-order valence-electron chi connectivity index (χ0n) is 15.3. The number of nitrogens with zero attached hydrogens (tertiary/aromatic N) is 1. The SMILES string of the molecule is C[C@H](c1ccccc1)N1C[C@H](C(=O)OCC(=O)NC(=O)c2cccs2)CC1=O. The third kappa shape index (κ3) is 4.64. The van der Waals surface area contributed by atoms with Crippen LogP contribution in [-0.2, 0) is 19.1 Å². The van der Waals surface area contributed by atoms with Crippen molar-refractivity contribution in [2.24, 2.45) is 5.92 Å². The van der Waals surface area contributed by atoms with Crippen LogP contribution in [0.4, 0.5) is 0 Å². The Balaban J connectivity index is 1.49. The molecule has 2 aromatic rings. The molecule has 1 fully saturated rings. The Morgan fingerprint density at radius 2 is 1.96 bits per heavy atom. The lowest BCUT2D eigenvalue weighted by Crippen LogP contribution is -2.35. The largest absolute Gasteiger partial charge is 0.455 e. The van der Waals surface area contributed by atoms with Gasteiger partial charge in [-0.15, -0.1) is 11.3 Å². The molecule has 8 heteroatoms. The van der Waals surface area contributed by atoms with E-state index in [4.69, 9.17) is 4.74 Å². The first-order chi connectivity index (χ1) is 13.5. The predicted octanol–water partition coefficient (Wildman–Crippen LogP) is 2.16. The van der Waals surface area contributed by atoms with Crippen LogP contribution in [0.2, 0.25) is 0 Å². The number of benzene rings is 1. The summed E-state index contributed by atoms with van der Waals surface area (Å²) < 4.78 is 5.01. The first kappa shape index (κ1) is 19.8. The predicted molar refractivity (Wildman–Crippen MR) is 102 cm³/mol. The molecule has 0 unspecified atom stereocenters. The normalized spacial score (nSPS) is 17.2. The zero-order chi connectivity index (χ0) is 20.1. The summed E-state index contributed by atoms with van der Waals surface area (Å²) in [5.41, 5.74) is 0.983. The van der Waals surface area contributed by atoms with E-state index in [1.54, 1.807) is 22.4 Å². The standard InChI is InChI=1S/C20H20N2O5S/c1-13(14-6-3-2-4-7-14)22-11-15(10-18(22)24)20(26)27-12-17(23)21-19(25)16-8-5-9-28-16/h2-9,13,15H,10-12H2,1H3,(H,21,23,25)/t13-,15-/m1/s1. The number of ether oxygens (including phenoxy) is 1. The first-order valence-corrected chi connectivity index (χ1v) is 9.72. The molecule has 0 saturated carbocycles. The lowest BCUT2D eigenvalue weighted by molar-refractivity contribution is -0.152. The smallest absolute Gasteiger partial charge is 0.311 e. The highest BCUT2D eigenvalue weighted by Crippen LogP contribution is 2.28. The fourth-order valence-corrected chi connectivity index (χ4v) is 3.68. The van der Waals surface area contributed by atoms with Crippen molar-refractivity contribution in [1.82, 2.24) is 10.2 Å². The Morgan fingerprint density at radius 3 is 2.64 bits per heavy atom. The van der Waals surface area contributed by atoms with Crippen LogP contribution in [0, 0.1) is 5.92 Å². The third-order valence-electron chi connectivity index (χ3n) is 4.58. The number of rotatable bonds is 6. The minimum atomic E-state index is -0.703. The number of carbonyl (C=O) groups excluding carboxylic acids is 4. The molecule has 0 aliphatic carbocycles. The molecule has 0 bridgehead atoms. The van der Waals surface area contributed by atoms with Crippen molar-refractivity contribution in [2.45, 2.75) is 19.4 Å². The summed E-state index contributed by atoms with van der Waals surface area (Å²) in [4.78, 5) is 50.2. The zero-order valence-corrected chi connectivity index (χ0v) is 16.1. The quantitative estimate of drug-likeness (QED) is 0.750. The van der Waals surface area contributed by atoms with Gasteiger partial charge < -0.3 is 9.64 Å². The van der Waals surface area contributed by atoms with Gasteiger partial charge in [0.15, 0.2) is 6.61 Å². The van der Waals surface area contributed by atoms with Gasteiger partial charge in [0.25, 0.3) is 11.8 Å². The van der Waals surface area contributed by atoms with Gasteiger partial charge in [0.05, 0.1) is 16.8 Å². The number of carbonyl (C=O) groups is 4. The van der Waals surface area contributed by atoms with Crippen molar-refractivity contribution in [3.8, 4) is 0 Å². The van der Waals surface area contributed by atoms with E-state index in [0.29, 0.717) is 4.88 Å². The Morgan fingerprint density at radius 1 is 1.21 bits per heavy atom. The molecule has 1 saturated heterocycles. The maximum atomic E-state index is 12.3. The van der Waals surface area contributed by atoms with Gasteiger partial charge in [0, 0.05) is 13.0 Å². The lowest BCUT2D eigenvalue weighted by atomic mass is 10.1.